The van der Waals surface area contributed by atoms with Gasteiger partial charge in [-0.1, -0.05) is 44.2 Å². The van der Waals surface area contributed by atoms with Crippen molar-refractivity contribution in [3.8, 4) is 0 Å². The van der Waals surface area contributed by atoms with Gasteiger partial charge in [-0.2, -0.15) is 0 Å². The monoisotopic (exact) mass is 704 g/mol. The first-order valence-electron chi connectivity index (χ1n) is 19.7. The number of piperidine rings is 2. The molecule has 7 heterocycles. The van der Waals surface area contributed by atoms with Crippen LogP contribution in [0, 0.1) is 22.2 Å². The standard InChI is InChI=1S/C42H48N4O6/c1-5-37-20-24(33(47)50-3)31-39(25-9-6-7-10-27(25)43-31)14-18-46(34(37)39)29(30-32(37)52-30)23-11-12-28-26(19-23)40-15-17-45-16-8-13-38(35(40)45)21-41(40,36(48)51-4)42(49,44-28)22(38)2/h6-7,9-12,19,22,29-30,32,34-35,43-44,49H,5,8,13-18,20-21H2,1-4H3. The molecule has 3 aliphatic carbocycles. The van der Waals surface area contributed by atoms with E-state index < -0.39 is 16.6 Å². The topological polar surface area (TPSA) is 116 Å². The average molecular weight is 705 g/mol. The molecule has 10 nitrogen and oxygen atoms in total. The van der Waals surface area contributed by atoms with Gasteiger partial charge in [0.25, 0.3) is 0 Å². The van der Waals surface area contributed by atoms with Gasteiger partial charge in [-0.15, -0.1) is 0 Å². The Labute approximate surface area is 304 Å². The zero-order valence-electron chi connectivity index (χ0n) is 30.5. The molecule has 2 bridgehead atoms. The SMILES string of the molecule is CCC12CC(C(=O)OC)=C3Nc4ccccc4C34CCN(C(c3ccc5c(c3)C36CCN7CCCC8(CC3(C(=O)OC)C(O)(N5)C8C)C76)C3OC31)C42. The highest BCUT2D eigenvalue weighted by Gasteiger charge is 2.91. The largest absolute Gasteiger partial charge is 0.468 e. The number of fused-ring (bicyclic) bond motifs is 4. The lowest BCUT2D eigenvalue weighted by Gasteiger charge is -2.63. The molecule has 5 saturated heterocycles. The third-order valence-electron chi connectivity index (χ3n) is 17.4. The summed E-state index contributed by atoms with van der Waals surface area (Å²) in [5.41, 5.74) is 3.69. The maximum atomic E-state index is 14.5. The van der Waals surface area contributed by atoms with Crippen molar-refractivity contribution in [2.24, 2.45) is 22.2 Å². The number of nitrogens with zero attached hydrogens (tertiary/aromatic N) is 2. The molecule has 2 aromatic rings. The molecule has 2 aromatic carbocycles. The van der Waals surface area contributed by atoms with E-state index in [1.54, 1.807) is 0 Å². The van der Waals surface area contributed by atoms with Crippen LogP contribution in [0.15, 0.2) is 53.7 Å². The van der Waals surface area contributed by atoms with Gasteiger partial charge in [0.2, 0.25) is 0 Å². The maximum absolute atomic E-state index is 14.5. The number of aliphatic hydroxyl groups is 1. The predicted octanol–water partition coefficient (Wildman–Crippen LogP) is 4.59. The minimum Gasteiger partial charge on any atom is -0.468 e. The number of hydrogen-bond donors (Lipinski definition) is 3. The summed E-state index contributed by atoms with van der Waals surface area (Å²) in [7, 11) is 2.99. The van der Waals surface area contributed by atoms with Gasteiger partial charge in [0.15, 0.2) is 5.72 Å². The van der Waals surface area contributed by atoms with Crippen LogP contribution in [0.1, 0.15) is 81.5 Å². The number of methoxy groups -OCH3 is 2. The number of carbonyl (C=O) groups is 2. The number of rotatable bonds is 4. The summed E-state index contributed by atoms with van der Waals surface area (Å²) in [4.78, 5) is 33.4. The van der Waals surface area contributed by atoms with Crippen molar-refractivity contribution < 1.29 is 28.9 Å². The fourth-order valence-corrected chi connectivity index (χ4v) is 15.8. The van der Waals surface area contributed by atoms with Crippen LogP contribution in [0.2, 0.25) is 0 Å². The van der Waals surface area contributed by atoms with Crippen LogP contribution < -0.4 is 10.6 Å². The second kappa shape index (κ2) is 9.25. The first-order valence-corrected chi connectivity index (χ1v) is 19.7. The molecular formula is C42H48N4O6. The molecule has 7 aliphatic heterocycles. The minimum atomic E-state index is -1.39. The fourth-order valence-electron chi connectivity index (χ4n) is 15.8. The Kier molecular flexibility index (Phi) is 5.51. The lowest BCUT2D eigenvalue weighted by Crippen LogP contribution is -2.75. The summed E-state index contributed by atoms with van der Waals surface area (Å²) in [6.07, 6.45) is 6.02. The summed E-state index contributed by atoms with van der Waals surface area (Å²) < 4.78 is 18.1. The summed E-state index contributed by atoms with van der Waals surface area (Å²) in [5.74, 6) is -0.614. The number of hydrogen-bond acceptors (Lipinski definition) is 10. The van der Waals surface area contributed by atoms with Crippen LogP contribution in [0.5, 0.6) is 0 Å². The van der Waals surface area contributed by atoms with Gasteiger partial charge >= 0.3 is 11.9 Å². The minimum absolute atomic E-state index is 0.00356. The second-order valence-corrected chi connectivity index (χ2v) is 18.1. The molecule has 3 N–H and O–H groups in total. The van der Waals surface area contributed by atoms with Gasteiger partial charge in [-0.05, 0) is 92.3 Å². The highest BCUT2D eigenvalue weighted by Crippen LogP contribution is 2.83. The van der Waals surface area contributed by atoms with E-state index in [2.05, 4.69) is 76.7 Å². The maximum Gasteiger partial charge on any atom is 0.335 e. The molecule has 2 saturated carbocycles. The first-order chi connectivity index (χ1) is 25.1. The van der Waals surface area contributed by atoms with E-state index >= 15 is 0 Å². The molecule has 0 amide bonds. The Morgan fingerprint density at radius 2 is 1.85 bits per heavy atom. The zero-order valence-corrected chi connectivity index (χ0v) is 30.5. The van der Waals surface area contributed by atoms with E-state index in [1.807, 2.05) is 0 Å². The molecule has 272 valence electrons. The lowest BCUT2D eigenvalue weighted by molar-refractivity contribution is -0.194. The first kappa shape index (κ1) is 31.0. The number of para-hydroxylation sites is 1. The summed E-state index contributed by atoms with van der Waals surface area (Å²) in [6, 6.07) is 15.8. The molecular weight excluding hydrogens is 656 g/mol. The number of nitrogens with one attached hydrogen (secondary N) is 2. The molecule has 52 heavy (non-hydrogen) atoms. The van der Waals surface area contributed by atoms with Crippen molar-refractivity contribution in [1.29, 1.82) is 0 Å². The molecule has 12 unspecified atom stereocenters. The molecule has 0 aromatic heterocycles. The fraction of sp³-hybridized carbons (Fsp3) is 0.619. The van der Waals surface area contributed by atoms with Crippen LogP contribution in [-0.2, 0) is 34.6 Å². The summed E-state index contributed by atoms with van der Waals surface area (Å²) in [6.45, 7) is 7.29. The number of benzene rings is 2. The normalized spacial score (nSPS) is 47.7. The molecule has 12 rings (SSSR count). The zero-order chi connectivity index (χ0) is 35.4. The van der Waals surface area contributed by atoms with Gasteiger partial charge in [0.05, 0.1) is 37.4 Å². The Hall–Kier alpha value is -3.44. The van der Waals surface area contributed by atoms with Crippen molar-refractivity contribution in [3.63, 3.8) is 0 Å². The third-order valence-corrected chi connectivity index (χ3v) is 17.4. The smallest absolute Gasteiger partial charge is 0.335 e. The van der Waals surface area contributed by atoms with Crippen LogP contribution >= 0.6 is 0 Å². The number of esters is 2. The highest BCUT2D eigenvalue weighted by atomic mass is 16.6. The quantitative estimate of drug-likeness (QED) is 0.309. The number of carbonyl (C=O) groups excluding carboxylic acids is 2. The molecule has 12 atom stereocenters. The van der Waals surface area contributed by atoms with Crippen LogP contribution in [0.4, 0.5) is 11.4 Å². The van der Waals surface area contributed by atoms with Crippen molar-refractivity contribution >= 4 is 23.3 Å². The van der Waals surface area contributed by atoms with E-state index in [0.29, 0.717) is 12.8 Å². The number of ether oxygens (including phenoxy) is 3. The Bertz CT molecular complexity index is 2070. The van der Waals surface area contributed by atoms with Crippen molar-refractivity contribution in [1.82, 2.24) is 9.80 Å². The van der Waals surface area contributed by atoms with E-state index in [-0.39, 0.29) is 64.4 Å². The average Bonchev–Trinajstić information content (AvgIpc) is 3.41. The van der Waals surface area contributed by atoms with Gasteiger partial charge in [0.1, 0.15) is 11.5 Å². The van der Waals surface area contributed by atoms with Gasteiger partial charge in [-0.25, -0.2) is 4.79 Å². The van der Waals surface area contributed by atoms with Gasteiger partial charge in [0, 0.05) is 52.4 Å². The van der Waals surface area contributed by atoms with Crippen LogP contribution in [0.25, 0.3) is 0 Å². The number of epoxide rings is 1. The van der Waals surface area contributed by atoms with Crippen molar-refractivity contribution in [3.05, 3.63) is 70.4 Å². The van der Waals surface area contributed by atoms with Crippen LogP contribution in [-0.4, -0.2) is 90.7 Å². The van der Waals surface area contributed by atoms with E-state index in [1.165, 1.54) is 30.9 Å². The second-order valence-electron chi connectivity index (χ2n) is 18.1. The van der Waals surface area contributed by atoms with Gasteiger partial charge in [-0.3, -0.25) is 14.6 Å². The van der Waals surface area contributed by atoms with Gasteiger partial charge < -0.3 is 30.0 Å². The summed E-state index contributed by atoms with van der Waals surface area (Å²) >= 11 is 0. The third kappa shape index (κ3) is 2.84. The lowest BCUT2D eigenvalue weighted by atomic mass is 9.47. The molecule has 3 spiro atoms. The Morgan fingerprint density at radius 1 is 1.00 bits per heavy atom. The number of anilines is 2. The Morgan fingerprint density at radius 3 is 2.65 bits per heavy atom. The van der Waals surface area contributed by atoms with E-state index in [0.717, 1.165) is 74.4 Å². The highest BCUT2D eigenvalue weighted by molar-refractivity contribution is 5.93. The predicted molar refractivity (Wildman–Crippen MR) is 191 cm³/mol. The molecule has 10 heteroatoms. The Balaban J connectivity index is 1.05. The van der Waals surface area contributed by atoms with E-state index in [9.17, 15) is 14.7 Å². The van der Waals surface area contributed by atoms with Crippen molar-refractivity contribution in [2.45, 2.75) is 106 Å². The molecule has 10 aliphatic rings. The van der Waals surface area contributed by atoms with E-state index in [4.69, 9.17) is 14.2 Å². The molecule has 0 radical (unpaired) electrons. The summed E-state index contributed by atoms with van der Waals surface area (Å²) in [5, 5.41) is 20.3. The van der Waals surface area contributed by atoms with Crippen molar-refractivity contribution in [2.75, 3.05) is 44.5 Å². The van der Waals surface area contributed by atoms with Crippen LogP contribution in [0.3, 0.4) is 0 Å². The molecule has 7 fully saturated rings.